The molecule has 0 saturated carbocycles. The van der Waals surface area contributed by atoms with Gasteiger partial charge in [0.1, 0.15) is 12.1 Å². The first kappa shape index (κ1) is 38.4. The van der Waals surface area contributed by atoms with Crippen molar-refractivity contribution in [3.8, 4) is 11.3 Å². The summed E-state index contributed by atoms with van der Waals surface area (Å²) in [4.78, 5) is 54.7. The number of carbonyl (C=O) groups is 4. The van der Waals surface area contributed by atoms with Gasteiger partial charge in [-0.05, 0) is 53.3 Å². The molecule has 4 amide bonds. The third-order valence-corrected chi connectivity index (χ3v) is 8.06. The number of carbonyl (C=O) groups excluding carboxylic acids is 4. The Labute approximate surface area is 287 Å². The molecule has 0 bridgehead atoms. The van der Waals surface area contributed by atoms with Crippen molar-refractivity contribution in [2.45, 2.75) is 65.3 Å². The van der Waals surface area contributed by atoms with Crippen LogP contribution < -0.4 is 26.6 Å². The van der Waals surface area contributed by atoms with E-state index in [4.69, 9.17) is 4.74 Å². The third-order valence-electron chi connectivity index (χ3n) is 8.06. The molecule has 264 valence electrons. The molecule has 0 aliphatic carbocycles. The smallest absolute Gasteiger partial charge is 0.407 e. The fourth-order valence-electron chi connectivity index (χ4n) is 5.08. The summed E-state index contributed by atoms with van der Waals surface area (Å²) >= 11 is 0. The van der Waals surface area contributed by atoms with Gasteiger partial charge in [-0.25, -0.2) is 9.59 Å². The van der Waals surface area contributed by atoms with Crippen LogP contribution in [0.15, 0.2) is 66.9 Å². The number of ether oxygens (including phenoxy) is 2. The van der Waals surface area contributed by atoms with Crippen LogP contribution in [0.4, 0.5) is 21.0 Å². The molecule has 0 aliphatic rings. The quantitative estimate of drug-likeness (QED) is 0.134. The van der Waals surface area contributed by atoms with Crippen LogP contribution in [-0.4, -0.2) is 73.0 Å². The van der Waals surface area contributed by atoms with Crippen LogP contribution in [0.1, 0.15) is 51.7 Å². The molecule has 4 atom stereocenters. The van der Waals surface area contributed by atoms with E-state index in [1.807, 2.05) is 49.4 Å². The summed E-state index contributed by atoms with van der Waals surface area (Å²) < 4.78 is 9.36. The Morgan fingerprint density at radius 2 is 1.37 bits per heavy atom. The lowest BCUT2D eigenvalue weighted by Crippen LogP contribution is -2.47. The summed E-state index contributed by atoms with van der Waals surface area (Å²) in [5.41, 5.74) is 4.24. The van der Waals surface area contributed by atoms with Gasteiger partial charge in [-0.15, -0.1) is 0 Å². The van der Waals surface area contributed by atoms with Crippen LogP contribution in [-0.2, 0) is 25.6 Å². The van der Waals surface area contributed by atoms with E-state index in [2.05, 4.69) is 36.3 Å². The lowest BCUT2D eigenvalue weighted by Gasteiger charge is -2.26. The zero-order valence-electron chi connectivity index (χ0n) is 29.1. The molecule has 0 spiro atoms. The molecule has 0 aliphatic heterocycles. The Morgan fingerprint density at radius 1 is 0.776 bits per heavy atom. The standard InChI is InChI=1S/C36H48N6O7/c1-21(2)31(41-35(46)48-6)33(44)39-26-15-16-29(40-34(45)32(22(3)4)42-36(47)49-7)27(18-26)23(5)30(43)20-37-19-24-11-13-25(14-12-24)28-10-8-9-17-38-28/h8-18,21-23,30-32,37,43H,19-20H2,1-7H3,(H,39,44)(H,40,45)(H,41,46)(H,42,47)/t23?,30?,31-,32-/m0/s1. The van der Waals surface area contributed by atoms with Gasteiger partial charge < -0.3 is 41.2 Å². The lowest BCUT2D eigenvalue weighted by atomic mass is 9.92. The number of amides is 4. The van der Waals surface area contributed by atoms with Gasteiger partial charge in [-0.3, -0.25) is 14.6 Å². The number of aliphatic hydroxyl groups excluding tert-OH is 1. The summed E-state index contributed by atoms with van der Waals surface area (Å²) in [7, 11) is 2.43. The number of rotatable bonds is 15. The number of hydrogen-bond acceptors (Lipinski definition) is 9. The molecular weight excluding hydrogens is 628 g/mol. The first-order valence-corrected chi connectivity index (χ1v) is 16.2. The van der Waals surface area contributed by atoms with Crippen LogP contribution in [0.5, 0.6) is 0 Å². The van der Waals surface area contributed by atoms with Gasteiger partial charge in [0.25, 0.3) is 0 Å². The fourth-order valence-corrected chi connectivity index (χ4v) is 5.08. The van der Waals surface area contributed by atoms with Gasteiger partial charge in [-0.2, -0.15) is 0 Å². The predicted molar refractivity (Wildman–Crippen MR) is 188 cm³/mol. The van der Waals surface area contributed by atoms with Crippen molar-refractivity contribution >= 4 is 35.4 Å². The molecular formula is C36H48N6O7. The number of anilines is 2. The SMILES string of the molecule is COC(=O)N[C@H](C(=O)Nc1ccc(NC(=O)[C@@H](NC(=O)OC)C(C)C)c(C(C)C(O)CNCc2ccc(-c3ccccn3)cc2)c1)C(C)C. The van der Waals surface area contributed by atoms with E-state index in [9.17, 15) is 24.3 Å². The minimum Gasteiger partial charge on any atom is -0.453 e. The van der Waals surface area contributed by atoms with Crippen LogP contribution in [0.3, 0.4) is 0 Å². The fraction of sp³-hybridized carbons (Fsp3) is 0.417. The highest BCUT2D eigenvalue weighted by molar-refractivity contribution is 5.99. The van der Waals surface area contributed by atoms with Crippen molar-refractivity contribution < 1.29 is 33.8 Å². The molecule has 2 unspecified atom stereocenters. The second-order valence-electron chi connectivity index (χ2n) is 12.4. The number of nitrogens with zero attached hydrogens (tertiary/aromatic N) is 1. The summed E-state index contributed by atoms with van der Waals surface area (Å²) in [6.07, 6.45) is -0.622. The van der Waals surface area contributed by atoms with Crippen molar-refractivity contribution in [3.63, 3.8) is 0 Å². The highest BCUT2D eigenvalue weighted by atomic mass is 16.5. The Kier molecular flexibility index (Phi) is 14.5. The Bertz CT molecular complexity index is 1550. The largest absolute Gasteiger partial charge is 0.453 e. The molecule has 1 aromatic heterocycles. The van der Waals surface area contributed by atoms with Gasteiger partial charge in [0.05, 0.1) is 26.0 Å². The number of methoxy groups -OCH3 is 2. The van der Waals surface area contributed by atoms with Gasteiger partial charge in [0.15, 0.2) is 0 Å². The maximum absolute atomic E-state index is 13.4. The zero-order chi connectivity index (χ0) is 36.1. The predicted octanol–water partition coefficient (Wildman–Crippen LogP) is 4.64. The average molecular weight is 677 g/mol. The van der Waals surface area contributed by atoms with E-state index >= 15 is 0 Å². The normalized spacial score (nSPS) is 13.5. The zero-order valence-corrected chi connectivity index (χ0v) is 29.1. The van der Waals surface area contributed by atoms with Crippen molar-refractivity contribution in [3.05, 3.63) is 78.0 Å². The maximum Gasteiger partial charge on any atom is 0.407 e. The van der Waals surface area contributed by atoms with E-state index in [-0.39, 0.29) is 18.4 Å². The van der Waals surface area contributed by atoms with Gasteiger partial charge in [0.2, 0.25) is 11.8 Å². The van der Waals surface area contributed by atoms with Crippen molar-refractivity contribution in [2.75, 3.05) is 31.4 Å². The molecule has 13 heteroatoms. The summed E-state index contributed by atoms with van der Waals surface area (Å²) in [6.45, 7) is 9.70. The third kappa shape index (κ3) is 11.3. The Hall–Kier alpha value is -5.01. The lowest BCUT2D eigenvalue weighted by molar-refractivity contribution is -0.119. The van der Waals surface area contributed by atoms with E-state index < -0.39 is 48.1 Å². The van der Waals surface area contributed by atoms with Crippen LogP contribution in [0, 0.1) is 11.8 Å². The number of hydrogen-bond donors (Lipinski definition) is 6. The number of benzene rings is 2. The molecule has 3 rings (SSSR count). The average Bonchev–Trinajstić information content (AvgIpc) is 3.09. The number of alkyl carbamates (subject to hydrolysis) is 2. The molecule has 3 aromatic rings. The van der Waals surface area contributed by atoms with Gasteiger partial charge in [0, 0.05) is 42.1 Å². The summed E-state index contributed by atoms with van der Waals surface area (Å²) in [5.74, 6) is -1.97. The number of aliphatic hydroxyl groups is 1. The Morgan fingerprint density at radius 3 is 1.90 bits per heavy atom. The van der Waals surface area contributed by atoms with E-state index in [0.717, 1.165) is 16.8 Å². The number of pyridine rings is 1. The molecule has 1 heterocycles. The van der Waals surface area contributed by atoms with Gasteiger partial charge >= 0.3 is 12.2 Å². The van der Waals surface area contributed by atoms with E-state index in [0.29, 0.717) is 23.5 Å². The molecule has 0 saturated heterocycles. The maximum atomic E-state index is 13.4. The molecule has 13 nitrogen and oxygen atoms in total. The second kappa shape index (κ2) is 18.5. The topological polar surface area (TPSA) is 180 Å². The summed E-state index contributed by atoms with van der Waals surface area (Å²) in [5, 5.41) is 25.4. The van der Waals surface area contributed by atoms with Gasteiger partial charge in [-0.1, -0.05) is 65.0 Å². The second-order valence-corrected chi connectivity index (χ2v) is 12.4. The highest BCUT2D eigenvalue weighted by Gasteiger charge is 2.28. The minimum absolute atomic E-state index is 0.226. The van der Waals surface area contributed by atoms with Crippen LogP contribution in [0.25, 0.3) is 11.3 Å². The van der Waals surface area contributed by atoms with Crippen LogP contribution in [0.2, 0.25) is 0 Å². The first-order chi connectivity index (χ1) is 23.3. The molecule has 6 N–H and O–H groups in total. The monoisotopic (exact) mass is 676 g/mol. The van der Waals surface area contributed by atoms with Crippen LogP contribution >= 0.6 is 0 Å². The molecule has 0 fully saturated rings. The van der Waals surface area contributed by atoms with E-state index in [1.165, 1.54) is 14.2 Å². The summed E-state index contributed by atoms with van der Waals surface area (Å²) in [6, 6.07) is 16.9. The van der Waals surface area contributed by atoms with Crippen molar-refractivity contribution in [1.82, 2.24) is 20.9 Å². The molecule has 0 radical (unpaired) electrons. The van der Waals surface area contributed by atoms with E-state index in [1.54, 1.807) is 52.1 Å². The Balaban J connectivity index is 1.81. The molecule has 2 aromatic carbocycles. The van der Waals surface area contributed by atoms with Crippen molar-refractivity contribution in [2.24, 2.45) is 11.8 Å². The minimum atomic E-state index is -0.901. The van der Waals surface area contributed by atoms with Crippen molar-refractivity contribution in [1.29, 1.82) is 0 Å². The first-order valence-electron chi connectivity index (χ1n) is 16.2. The highest BCUT2D eigenvalue weighted by Crippen LogP contribution is 2.31. The number of aromatic nitrogens is 1. The number of nitrogens with one attached hydrogen (secondary N) is 5. The molecule has 49 heavy (non-hydrogen) atoms.